The van der Waals surface area contributed by atoms with Crippen LogP contribution in [-0.2, 0) is 13.0 Å². The van der Waals surface area contributed by atoms with E-state index in [0.717, 1.165) is 28.1 Å². The Bertz CT molecular complexity index is 810. The van der Waals surface area contributed by atoms with Gasteiger partial charge < -0.3 is 15.8 Å². The lowest BCUT2D eigenvalue weighted by Crippen LogP contribution is -2.17. The molecule has 0 aliphatic carbocycles. The summed E-state index contributed by atoms with van der Waals surface area (Å²) in [4.78, 5) is 2.45. The summed E-state index contributed by atoms with van der Waals surface area (Å²) in [5, 5.41) is 13.9. The Balaban J connectivity index is 1.89. The normalized spacial score (nSPS) is 12.5. The van der Waals surface area contributed by atoms with Crippen molar-refractivity contribution in [1.29, 1.82) is 0 Å². The zero-order valence-electron chi connectivity index (χ0n) is 13.4. The molecule has 1 atom stereocenters. The third-order valence-corrected chi connectivity index (χ3v) is 5.91. The molecule has 7 heteroatoms. The Morgan fingerprint density at radius 1 is 1.39 bits per heavy atom. The predicted molar refractivity (Wildman–Crippen MR) is 97.7 cm³/mol. The molecule has 0 fully saturated rings. The molecule has 122 valence electrons. The average Bonchev–Trinajstić information content (AvgIpc) is 3.10. The second-order valence-electron chi connectivity index (χ2n) is 5.53. The molecule has 0 radical (unpaired) electrons. The van der Waals surface area contributed by atoms with Gasteiger partial charge in [-0.05, 0) is 37.3 Å². The minimum atomic E-state index is 0.140. The van der Waals surface area contributed by atoms with E-state index in [1.54, 1.807) is 36.0 Å². The molecule has 0 spiro atoms. The molecule has 5 nitrogen and oxygen atoms in total. The van der Waals surface area contributed by atoms with Crippen molar-refractivity contribution in [2.45, 2.75) is 32.9 Å². The number of ether oxygens (including phenoxy) is 1. The summed E-state index contributed by atoms with van der Waals surface area (Å²) in [7, 11) is 1.70. The monoisotopic (exact) mass is 348 g/mol. The number of rotatable bonds is 6. The number of aryl methyl sites for hydroxylation is 1. The highest BCUT2D eigenvalue weighted by Crippen LogP contribution is 2.35. The van der Waals surface area contributed by atoms with Crippen LogP contribution in [0.4, 0.5) is 5.69 Å². The second-order valence-corrected chi connectivity index (χ2v) is 7.64. The molecular weight excluding hydrogens is 328 g/mol. The fourth-order valence-corrected chi connectivity index (χ4v) is 4.63. The molecule has 0 aromatic carbocycles. The van der Waals surface area contributed by atoms with E-state index >= 15 is 0 Å². The van der Waals surface area contributed by atoms with E-state index in [4.69, 9.17) is 10.5 Å². The SMILES string of the molecule is COc1ccsc1CNc1cnnc2c(C)c(C[C@H](C)N)sc12. The minimum absolute atomic E-state index is 0.140. The van der Waals surface area contributed by atoms with Gasteiger partial charge in [-0.15, -0.1) is 27.8 Å². The number of aromatic nitrogens is 2. The topological polar surface area (TPSA) is 73.1 Å². The van der Waals surface area contributed by atoms with E-state index in [9.17, 15) is 0 Å². The highest BCUT2D eigenvalue weighted by atomic mass is 32.1. The van der Waals surface area contributed by atoms with Crippen molar-refractivity contribution < 1.29 is 4.74 Å². The number of methoxy groups -OCH3 is 1. The quantitative estimate of drug-likeness (QED) is 0.712. The first kappa shape index (κ1) is 16.2. The minimum Gasteiger partial charge on any atom is -0.496 e. The van der Waals surface area contributed by atoms with E-state index in [0.29, 0.717) is 6.54 Å². The van der Waals surface area contributed by atoms with E-state index in [-0.39, 0.29) is 6.04 Å². The number of nitrogens with one attached hydrogen (secondary N) is 1. The van der Waals surface area contributed by atoms with Gasteiger partial charge in [0, 0.05) is 10.9 Å². The van der Waals surface area contributed by atoms with Crippen LogP contribution in [0.15, 0.2) is 17.6 Å². The Labute approximate surface area is 143 Å². The zero-order chi connectivity index (χ0) is 16.4. The molecule has 3 aromatic heterocycles. The summed E-state index contributed by atoms with van der Waals surface area (Å²) < 4.78 is 6.50. The Morgan fingerprint density at radius 2 is 2.22 bits per heavy atom. The third kappa shape index (κ3) is 3.31. The molecule has 0 saturated carbocycles. The van der Waals surface area contributed by atoms with Crippen molar-refractivity contribution in [3.8, 4) is 5.75 Å². The lowest BCUT2D eigenvalue weighted by atomic mass is 10.1. The van der Waals surface area contributed by atoms with Gasteiger partial charge in [-0.2, -0.15) is 5.10 Å². The van der Waals surface area contributed by atoms with Crippen molar-refractivity contribution in [2.75, 3.05) is 12.4 Å². The van der Waals surface area contributed by atoms with E-state index < -0.39 is 0 Å². The maximum Gasteiger partial charge on any atom is 0.134 e. The number of thiophene rings is 2. The van der Waals surface area contributed by atoms with Crippen LogP contribution < -0.4 is 15.8 Å². The summed E-state index contributed by atoms with van der Waals surface area (Å²) in [6.07, 6.45) is 2.65. The molecule has 0 aliphatic heterocycles. The second kappa shape index (κ2) is 6.82. The lowest BCUT2D eigenvalue weighted by molar-refractivity contribution is 0.413. The largest absolute Gasteiger partial charge is 0.496 e. The van der Waals surface area contributed by atoms with Gasteiger partial charge >= 0.3 is 0 Å². The zero-order valence-corrected chi connectivity index (χ0v) is 15.1. The van der Waals surface area contributed by atoms with Gasteiger partial charge in [-0.1, -0.05) is 0 Å². The molecule has 3 aromatic rings. The summed E-state index contributed by atoms with van der Waals surface area (Å²) in [5.74, 6) is 0.917. The van der Waals surface area contributed by atoms with Crippen LogP contribution in [0.1, 0.15) is 22.2 Å². The Hall–Kier alpha value is -1.70. The van der Waals surface area contributed by atoms with E-state index in [1.165, 1.54) is 15.3 Å². The smallest absolute Gasteiger partial charge is 0.134 e. The maximum absolute atomic E-state index is 5.95. The molecule has 3 N–H and O–H groups in total. The summed E-state index contributed by atoms with van der Waals surface area (Å²) >= 11 is 3.43. The highest BCUT2D eigenvalue weighted by molar-refractivity contribution is 7.19. The first-order valence-corrected chi connectivity index (χ1v) is 9.13. The first-order chi connectivity index (χ1) is 11.1. The van der Waals surface area contributed by atoms with Gasteiger partial charge in [0.05, 0.1) is 35.1 Å². The molecule has 0 bridgehead atoms. The number of hydrogen-bond acceptors (Lipinski definition) is 7. The van der Waals surface area contributed by atoms with Crippen LogP contribution in [0.3, 0.4) is 0 Å². The first-order valence-electron chi connectivity index (χ1n) is 7.43. The van der Waals surface area contributed by atoms with Crippen molar-refractivity contribution in [2.24, 2.45) is 5.73 Å². The number of anilines is 1. The maximum atomic E-state index is 5.95. The fraction of sp³-hybridized carbons (Fsp3) is 0.375. The standard InChI is InChI=1S/C16H20N4OS2/c1-9(17)6-13-10(2)15-16(23-13)11(7-19-20-15)18-8-14-12(21-3)4-5-22-14/h4-5,7,9H,6,8,17H2,1-3H3,(H,18,20)/t9-/m0/s1. The van der Waals surface area contributed by atoms with Crippen molar-refractivity contribution in [3.63, 3.8) is 0 Å². The molecule has 0 amide bonds. The number of fused-ring (bicyclic) bond motifs is 1. The number of nitrogens with zero attached hydrogens (tertiary/aromatic N) is 2. The third-order valence-electron chi connectivity index (χ3n) is 3.67. The molecule has 0 aliphatic rings. The summed E-state index contributed by atoms with van der Waals surface area (Å²) in [6.45, 7) is 4.83. The summed E-state index contributed by atoms with van der Waals surface area (Å²) in [6, 6.07) is 2.12. The molecule has 3 heterocycles. The molecular formula is C16H20N4OS2. The van der Waals surface area contributed by atoms with Crippen LogP contribution >= 0.6 is 22.7 Å². The van der Waals surface area contributed by atoms with Gasteiger partial charge in [-0.3, -0.25) is 0 Å². The molecule has 0 unspecified atom stereocenters. The van der Waals surface area contributed by atoms with Gasteiger partial charge in [0.25, 0.3) is 0 Å². The average molecular weight is 348 g/mol. The van der Waals surface area contributed by atoms with Gasteiger partial charge in [-0.25, -0.2) is 0 Å². The van der Waals surface area contributed by atoms with Crippen LogP contribution in [-0.4, -0.2) is 23.3 Å². The van der Waals surface area contributed by atoms with E-state index in [1.807, 2.05) is 18.4 Å². The number of hydrogen-bond donors (Lipinski definition) is 2. The van der Waals surface area contributed by atoms with Crippen molar-refractivity contribution >= 4 is 38.6 Å². The van der Waals surface area contributed by atoms with Crippen LogP contribution in [0, 0.1) is 6.92 Å². The van der Waals surface area contributed by atoms with Crippen LogP contribution in [0.2, 0.25) is 0 Å². The van der Waals surface area contributed by atoms with Gasteiger partial charge in [0.15, 0.2) is 0 Å². The predicted octanol–water partition coefficient (Wildman–Crippen LogP) is 3.57. The van der Waals surface area contributed by atoms with Crippen LogP contribution in [0.5, 0.6) is 5.75 Å². The van der Waals surface area contributed by atoms with Gasteiger partial charge in [0.2, 0.25) is 0 Å². The van der Waals surface area contributed by atoms with Crippen LogP contribution in [0.25, 0.3) is 10.2 Å². The molecule has 23 heavy (non-hydrogen) atoms. The molecule has 3 rings (SSSR count). The Morgan fingerprint density at radius 3 is 2.96 bits per heavy atom. The Kier molecular flexibility index (Phi) is 4.79. The van der Waals surface area contributed by atoms with E-state index in [2.05, 4.69) is 22.4 Å². The fourth-order valence-electron chi connectivity index (χ4n) is 2.48. The number of nitrogens with two attached hydrogens (primary N) is 1. The highest BCUT2D eigenvalue weighted by Gasteiger charge is 2.15. The lowest BCUT2D eigenvalue weighted by Gasteiger charge is -2.07. The van der Waals surface area contributed by atoms with Crippen molar-refractivity contribution in [1.82, 2.24) is 10.2 Å². The van der Waals surface area contributed by atoms with Gasteiger partial charge in [0.1, 0.15) is 11.3 Å². The molecule has 0 saturated heterocycles. The van der Waals surface area contributed by atoms with Crippen molar-refractivity contribution in [3.05, 3.63) is 33.0 Å². The summed E-state index contributed by atoms with van der Waals surface area (Å²) in [5.41, 5.74) is 9.11.